The van der Waals surface area contributed by atoms with Crippen LogP contribution in [-0.2, 0) is 4.79 Å². The Kier molecular flexibility index (Phi) is 5.39. The van der Waals surface area contributed by atoms with E-state index in [9.17, 15) is 9.18 Å². The second-order valence-electron chi connectivity index (χ2n) is 2.28. The van der Waals surface area contributed by atoms with Crippen LogP contribution >= 0.6 is 11.6 Å². The summed E-state index contributed by atoms with van der Waals surface area (Å²) in [5, 5.41) is 10.6. The first kappa shape index (κ1) is 11.2. The maximum Gasteiger partial charge on any atom is 0.271 e. The fourth-order valence-electron chi connectivity index (χ4n) is 0.692. The van der Waals surface area contributed by atoms with Crippen molar-refractivity contribution >= 4 is 17.5 Å². The van der Waals surface area contributed by atoms with Crippen molar-refractivity contribution in [2.24, 2.45) is 0 Å². The first-order valence-corrected chi connectivity index (χ1v) is 4.03. The van der Waals surface area contributed by atoms with Crippen LogP contribution < -0.4 is 5.32 Å². The molecule has 0 bridgehead atoms. The molecule has 1 amide bonds. The van der Waals surface area contributed by atoms with Gasteiger partial charge in [0.2, 0.25) is 0 Å². The van der Waals surface area contributed by atoms with E-state index in [0.717, 1.165) is 6.42 Å². The molecule has 0 radical (unpaired) electrons. The Balaban J connectivity index is 3.88. The second kappa shape index (κ2) is 5.78. The van der Waals surface area contributed by atoms with Crippen molar-refractivity contribution in [2.75, 3.05) is 0 Å². The van der Waals surface area contributed by atoms with Crippen LogP contribution in [0.4, 0.5) is 4.39 Å². The van der Waals surface area contributed by atoms with Gasteiger partial charge in [0.1, 0.15) is 6.04 Å². The largest absolute Gasteiger partial charge is 0.337 e. The molecule has 0 saturated heterocycles. The number of amides is 1. The van der Waals surface area contributed by atoms with Crippen LogP contribution in [0, 0.1) is 11.3 Å². The second-order valence-corrected chi connectivity index (χ2v) is 2.66. The van der Waals surface area contributed by atoms with Gasteiger partial charge in [0, 0.05) is 0 Å². The van der Waals surface area contributed by atoms with Gasteiger partial charge in [-0.3, -0.25) is 4.79 Å². The predicted molar refractivity (Wildman–Crippen MR) is 43.2 cm³/mol. The lowest BCUT2D eigenvalue weighted by Crippen LogP contribution is -2.37. The summed E-state index contributed by atoms with van der Waals surface area (Å²) in [4.78, 5) is 10.6. The number of halogens is 2. The third kappa shape index (κ3) is 4.14. The summed E-state index contributed by atoms with van der Waals surface area (Å²) in [6, 6.07) is 1.19. The van der Waals surface area contributed by atoms with Crippen molar-refractivity contribution in [3.63, 3.8) is 0 Å². The van der Waals surface area contributed by atoms with E-state index in [4.69, 9.17) is 16.9 Å². The normalized spacial score (nSPS) is 14.5. The average molecular weight is 193 g/mol. The quantitative estimate of drug-likeness (QED) is 0.684. The molecule has 0 aromatic carbocycles. The van der Waals surface area contributed by atoms with Gasteiger partial charge in [-0.2, -0.15) is 5.26 Å². The fourth-order valence-corrected chi connectivity index (χ4v) is 0.755. The summed E-state index contributed by atoms with van der Waals surface area (Å²) in [6.07, 6.45) is 1.25. The van der Waals surface area contributed by atoms with E-state index >= 15 is 0 Å². The Labute approximate surface area is 75.5 Å². The van der Waals surface area contributed by atoms with Crippen LogP contribution in [-0.4, -0.2) is 17.6 Å². The Morgan fingerprint density at radius 2 is 2.42 bits per heavy atom. The van der Waals surface area contributed by atoms with Gasteiger partial charge >= 0.3 is 0 Å². The molecule has 5 heteroatoms. The van der Waals surface area contributed by atoms with Crippen LogP contribution in [0.15, 0.2) is 0 Å². The van der Waals surface area contributed by atoms with Crippen LogP contribution in [0.2, 0.25) is 0 Å². The zero-order valence-electron chi connectivity index (χ0n) is 6.68. The highest BCUT2D eigenvalue weighted by Crippen LogP contribution is 2.00. The molecule has 12 heavy (non-hydrogen) atoms. The van der Waals surface area contributed by atoms with Crippen molar-refractivity contribution in [3.05, 3.63) is 0 Å². The fraction of sp³-hybridized carbons (Fsp3) is 0.714. The Morgan fingerprint density at radius 1 is 1.83 bits per heavy atom. The lowest BCUT2D eigenvalue weighted by atomic mass is 10.2. The van der Waals surface area contributed by atoms with E-state index in [1.165, 1.54) is 0 Å². The van der Waals surface area contributed by atoms with Crippen molar-refractivity contribution in [1.82, 2.24) is 5.32 Å². The highest BCUT2D eigenvalue weighted by atomic mass is 35.5. The Bertz CT molecular complexity index is 190. The highest BCUT2D eigenvalue weighted by Gasteiger charge is 2.16. The average Bonchev–Trinajstić information content (AvgIpc) is 2.03. The van der Waals surface area contributed by atoms with E-state index in [0.29, 0.717) is 6.42 Å². The van der Waals surface area contributed by atoms with Gasteiger partial charge < -0.3 is 5.32 Å². The minimum atomic E-state index is -2.07. The number of nitrogens with one attached hydrogen (secondary N) is 1. The number of carbonyl (C=O) groups is 1. The molecule has 0 fully saturated rings. The minimum Gasteiger partial charge on any atom is -0.337 e. The molecule has 0 saturated carbocycles. The lowest BCUT2D eigenvalue weighted by molar-refractivity contribution is -0.123. The van der Waals surface area contributed by atoms with Crippen LogP contribution in [0.5, 0.6) is 0 Å². The third-order valence-corrected chi connectivity index (χ3v) is 1.45. The molecule has 0 aliphatic heterocycles. The molecule has 3 nitrogen and oxygen atoms in total. The SMILES string of the molecule is CCCC(C#N)NC(=O)C(F)Cl. The zero-order valence-corrected chi connectivity index (χ0v) is 7.44. The molecule has 0 aromatic heterocycles. The van der Waals surface area contributed by atoms with Crippen LogP contribution in [0.1, 0.15) is 19.8 Å². The predicted octanol–water partition coefficient (Wildman–Crippen LogP) is 1.33. The number of nitrogens with zero attached hydrogens (tertiary/aromatic N) is 1. The van der Waals surface area contributed by atoms with E-state index in [-0.39, 0.29) is 0 Å². The van der Waals surface area contributed by atoms with E-state index in [2.05, 4.69) is 5.32 Å². The van der Waals surface area contributed by atoms with Gasteiger partial charge in [0.05, 0.1) is 6.07 Å². The van der Waals surface area contributed by atoms with Crippen LogP contribution in [0.25, 0.3) is 0 Å². The lowest BCUT2D eigenvalue weighted by Gasteiger charge is -2.09. The number of hydrogen-bond acceptors (Lipinski definition) is 2. The van der Waals surface area contributed by atoms with Crippen LogP contribution in [0.3, 0.4) is 0 Å². The summed E-state index contributed by atoms with van der Waals surface area (Å²) in [7, 11) is 0. The molecule has 1 N–H and O–H groups in total. The maximum absolute atomic E-state index is 12.1. The standard InChI is InChI=1S/C7H10ClFN2O/c1-2-3-5(4-10)11-7(12)6(8)9/h5-6H,2-3H2,1H3,(H,11,12). The molecule has 0 aliphatic carbocycles. The van der Waals surface area contributed by atoms with Gasteiger partial charge in [-0.15, -0.1) is 0 Å². The smallest absolute Gasteiger partial charge is 0.271 e. The number of carbonyl (C=O) groups excluding carboxylic acids is 1. The minimum absolute atomic E-state index is 0.506. The highest BCUT2D eigenvalue weighted by molar-refractivity contribution is 6.29. The summed E-state index contributed by atoms with van der Waals surface area (Å²) in [5.74, 6) is -0.948. The summed E-state index contributed by atoms with van der Waals surface area (Å²) in [6.45, 7) is 1.87. The van der Waals surface area contributed by atoms with Gasteiger partial charge in [0.15, 0.2) is 0 Å². The molecule has 0 heterocycles. The molecule has 2 atom stereocenters. The number of alkyl halides is 2. The zero-order chi connectivity index (χ0) is 9.56. The number of nitriles is 1. The van der Waals surface area contributed by atoms with Gasteiger partial charge in [-0.1, -0.05) is 24.9 Å². The molecule has 0 rings (SSSR count). The van der Waals surface area contributed by atoms with E-state index in [1.54, 1.807) is 0 Å². The summed E-state index contributed by atoms with van der Waals surface area (Å²) >= 11 is 4.84. The van der Waals surface area contributed by atoms with Gasteiger partial charge in [-0.25, -0.2) is 4.39 Å². The van der Waals surface area contributed by atoms with Crippen molar-refractivity contribution in [3.8, 4) is 6.07 Å². The first-order valence-electron chi connectivity index (χ1n) is 3.60. The molecule has 0 aromatic rings. The maximum atomic E-state index is 12.1. The molecular weight excluding hydrogens is 183 g/mol. The molecule has 0 spiro atoms. The van der Waals surface area contributed by atoms with Crippen molar-refractivity contribution in [1.29, 1.82) is 5.26 Å². The van der Waals surface area contributed by atoms with E-state index in [1.807, 2.05) is 13.0 Å². The molecule has 68 valence electrons. The Morgan fingerprint density at radius 3 is 2.75 bits per heavy atom. The van der Waals surface area contributed by atoms with Gasteiger partial charge in [0.25, 0.3) is 11.5 Å². The third-order valence-electron chi connectivity index (χ3n) is 1.25. The first-order chi connectivity index (χ1) is 5.61. The van der Waals surface area contributed by atoms with Crippen molar-refractivity contribution in [2.45, 2.75) is 31.4 Å². The summed E-state index contributed by atoms with van der Waals surface area (Å²) in [5.41, 5.74) is -2.07. The van der Waals surface area contributed by atoms with Crippen molar-refractivity contribution < 1.29 is 9.18 Å². The molecule has 0 aliphatic rings. The number of hydrogen-bond donors (Lipinski definition) is 1. The molecule has 2 unspecified atom stereocenters. The Hall–Kier alpha value is -0.820. The number of rotatable bonds is 4. The van der Waals surface area contributed by atoms with E-state index < -0.39 is 17.6 Å². The summed E-state index contributed by atoms with van der Waals surface area (Å²) < 4.78 is 12.1. The monoisotopic (exact) mass is 192 g/mol. The van der Waals surface area contributed by atoms with Gasteiger partial charge in [-0.05, 0) is 6.42 Å². The topological polar surface area (TPSA) is 52.9 Å². The molecular formula is C7H10ClFN2O.